The first kappa shape index (κ1) is 25.8. The summed E-state index contributed by atoms with van der Waals surface area (Å²) in [6.45, 7) is 7.37. The normalized spacial score (nSPS) is 19.8. The molecule has 3 N–H and O–H groups in total. The number of amides is 1. The summed E-state index contributed by atoms with van der Waals surface area (Å²) in [4.78, 5) is 24.9. The van der Waals surface area contributed by atoms with Gasteiger partial charge in [0, 0.05) is 74.3 Å². The van der Waals surface area contributed by atoms with Gasteiger partial charge >= 0.3 is 6.18 Å². The van der Waals surface area contributed by atoms with Crippen molar-refractivity contribution in [2.45, 2.75) is 32.0 Å². The van der Waals surface area contributed by atoms with E-state index in [1.165, 1.54) is 0 Å². The number of H-pyrrole nitrogens is 1. The number of carbonyl (C=O) groups excluding carboxylic acids is 1. The largest absolute Gasteiger partial charge is 0.491 e. The van der Waals surface area contributed by atoms with Gasteiger partial charge in [-0.1, -0.05) is 0 Å². The summed E-state index contributed by atoms with van der Waals surface area (Å²) in [5.74, 6) is 0.942. The summed E-state index contributed by atoms with van der Waals surface area (Å²) in [6.07, 6.45) is -2.02. The van der Waals surface area contributed by atoms with Crippen LogP contribution in [0.3, 0.4) is 0 Å². The van der Waals surface area contributed by atoms with Crippen molar-refractivity contribution in [2.24, 2.45) is 0 Å². The van der Waals surface area contributed by atoms with Gasteiger partial charge < -0.3 is 30.0 Å². The highest BCUT2D eigenvalue weighted by Crippen LogP contribution is 2.41. The van der Waals surface area contributed by atoms with Gasteiger partial charge in [-0.05, 0) is 25.5 Å². The minimum atomic E-state index is -4.51. The van der Waals surface area contributed by atoms with Crippen LogP contribution in [0.25, 0.3) is 11.0 Å². The molecule has 0 saturated carbocycles. The maximum absolute atomic E-state index is 13.6. The number of nitrogens with zero attached hydrogens (tertiary/aromatic N) is 3. The topological polar surface area (TPSA) is 94.8 Å². The molecule has 1 amide bonds. The lowest BCUT2D eigenvalue weighted by molar-refractivity contribution is -0.136. The molecule has 1 unspecified atom stereocenters. The van der Waals surface area contributed by atoms with Crippen molar-refractivity contribution in [1.82, 2.24) is 19.8 Å². The Hall–Kier alpha value is -3.51. The number of aromatic amines is 1. The van der Waals surface area contributed by atoms with E-state index in [0.717, 1.165) is 44.5 Å². The molecule has 0 radical (unpaired) electrons. The zero-order valence-electron chi connectivity index (χ0n) is 21.7. The second kappa shape index (κ2) is 10.2. The van der Waals surface area contributed by atoms with E-state index in [0.29, 0.717) is 67.2 Å². The Labute approximate surface area is 223 Å². The van der Waals surface area contributed by atoms with Gasteiger partial charge in [0.1, 0.15) is 17.2 Å². The lowest BCUT2D eigenvalue weighted by Gasteiger charge is -2.32. The minimum Gasteiger partial charge on any atom is -0.491 e. The molecule has 2 aromatic heterocycles. The van der Waals surface area contributed by atoms with Crippen molar-refractivity contribution in [2.75, 3.05) is 63.2 Å². The van der Waals surface area contributed by atoms with Gasteiger partial charge in [0.25, 0.3) is 5.91 Å². The standard InChI is InChI=1S/C27H31F3N6O3/c1-2-31-21-13-22(34-25-23(21)19(14-32-25)27(28,29)30)33-20-4-3-18(17-6-10-39-24(17)20)26(37)36-7-5-16(15-36)35-8-11-38-12-9-35/h3-4,13-14,16H,2,5-12,15H2,1H3,(H3,31,32,33,34). The number of anilines is 3. The molecule has 3 aliphatic rings. The number of rotatable bonds is 6. The molecule has 9 nitrogen and oxygen atoms in total. The van der Waals surface area contributed by atoms with Crippen LogP contribution in [0.2, 0.25) is 0 Å². The van der Waals surface area contributed by atoms with Crippen LogP contribution in [0.1, 0.15) is 34.8 Å². The summed E-state index contributed by atoms with van der Waals surface area (Å²) in [5, 5.41) is 6.22. The Morgan fingerprint density at radius 2 is 2.00 bits per heavy atom. The molecule has 3 aliphatic heterocycles. The molecule has 3 aromatic rings. The highest BCUT2D eigenvalue weighted by atomic mass is 19.4. The molecule has 12 heteroatoms. The van der Waals surface area contributed by atoms with Crippen molar-refractivity contribution in [3.05, 3.63) is 41.1 Å². The van der Waals surface area contributed by atoms with Crippen LogP contribution in [0.15, 0.2) is 24.4 Å². The van der Waals surface area contributed by atoms with Crippen LogP contribution in [-0.2, 0) is 17.3 Å². The number of ether oxygens (including phenoxy) is 2. The zero-order chi connectivity index (χ0) is 27.1. The van der Waals surface area contributed by atoms with Gasteiger partial charge in [-0.3, -0.25) is 9.69 Å². The Balaban J connectivity index is 1.25. The number of likely N-dealkylation sites (tertiary alicyclic amines) is 1. The predicted molar refractivity (Wildman–Crippen MR) is 141 cm³/mol. The summed E-state index contributed by atoms with van der Waals surface area (Å²) in [5.41, 5.74) is 1.77. The third kappa shape index (κ3) is 4.87. The van der Waals surface area contributed by atoms with Crippen molar-refractivity contribution in [3.8, 4) is 5.75 Å². The van der Waals surface area contributed by atoms with Crippen LogP contribution >= 0.6 is 0 Å². The lowest BCUT2D eigenvalue weighted by atomic mass is 10.0. The average molecular weight is 545 g/mol. The Bertz CT molecular complexity index is 1390. The number of pyridine rings is 1. The van der Waals surface area contributed by atoms with Gasteiger partial charge in [-0.15, -0.1) is 0 Å². The van der Waals surface area contributed by atoms with Gasteiger partial charge in [0.2, 0.25) is 0 Å². The number of hydrogen-bond donors (Lipinski definition) is 3. The first-order valence-electron chi connectivity index (χ1n) is 13.3. The third-order valence-corrected chi connectivity index (χ3v) is 7.68. The van der Waals surface area contributed by atoms with Crippen molar-refractivity contribution >= 4 is 34.1 Å². The quantitative estimate of drug-likeness (QED) is 0.428. The maximum Gasteiger partial charge on any atom is 0.418 e. The first-order valence-corrected chi connectivity index (χ1v) is 13.3. The van der Waals surface area contributed by atoms with E-state index in [9.17, 15) is 18.0 Å². The van der Waals surface area contributed by atoms with E-state index in [4.69, 9.17) is 9.47 Å². The second-order valence-corrected chi connectivity index (χ2v) is 10.0. The summed E-state index contributed by atoms with van der Waals surface area (Å²) in [7, 11) is 0. The number of benzene rings is 1. The summed E-state index contributed by atoms with van der Waals surface area (Å²) < 4.78 is 52.1. The van der Waals surface area contributed by atoms with Gasteiger partial charge in [-0.2, -0.15) is 13.2 Å². The molecule has 1 aromatic carbocycles. The highest BCUT2D eigenvalue weighted by Gasteiger charge is 2.36. The highest BCUT2D eigenvalue weighted by molar-refractivity contribution is 5.98. The van der Waals surface area contributed by atoms with Crippen LogP contribution in [0.5, 0.6) is 5.75 Å². The number of nitrogens with one attached hydrogen (secondary N) is 3. The molecule has 6 rings (SSSR count). The molecule has 0 spiro atoms. The van der Waals surface area contributed by atoms with E-state index in [2.05, 4.69) is 25.5 Å². The number of aromatic nitrogens is 2. The Morgan fingerprint density at radius 3 is 2.77 bits per heavy atom. The summed E-state index contributed by atoms with van der Waals surface area (Å²) in [6, 6.07) is 5.49. The molecule has 1 atom stereocenters. The SMILES string of the molecule is CCNc1cc(Nc2ccc(C(=O)N3CCC(N4CCOCC4)C3)c3c2OCC3)nc2[nH]cc(C(F)(F)F)c12. The van der Waals surface area contributed by atoms with E-state index < -0.39 is 11.7 Å². The van der Waals surface area contributed by atoms with Gasteiger partial charge in [0.15, 0.2) is 0 Å². The molecule has 2 saturated heterocycles. The number of fused-ring (bicyclic) bond motifs is 2. The molecule has 0 aliphatic carbocycles. The van der Waals surface area contributed by atoms with E-state index >= 15 is 0 Å². The number of alkyl halides is 3. The van der Waals surface area contributed by atoms with Crippen molar-refractivity contribution < 1.29 is 27.4 Å². The smallest absolute Gasteiger partial charge is 0.418 e. The molecule has 208 valence electrons. The van der Waals surface area contributed by atoms with Crippen LogP contribution in [-0.4, -0.2) is 84.3 Å². The monoisotopic (exact) mass is 544 g/mol. The fourth-order valence-electron chi connectivity index (χ4n) is 5.82. The first-order chi connectivity index (χ1) is 18.8. The van der Waals surface area contributed by atoms with E-state index in [1.54, 1.807) is 18.2 Å². The van der Waals surface area contributed by atoms with Crippen LogP contribution in [0, 0.1) is 0 Å². The predicted octanol–water partition coefficient (Wildman–Crippen LogP) is 4.24. The van der Waals surface area contributed by atoms with Crippen LogP contribution < -0.4 is 15.4 Å². The minimum absolute atomic E-state index is 0.000832. The van der Waals surface area contributed by atoms with Gasteiger partial charge in [-0.25, -0.2) is 4.98 Å². The average Bonchev–Trinajstić information content (AvgIpc) is 3.69. The Kier molecular flexibility index (Phi) is 6.76. The van der Waals surface area contributed by atoms with Crippen LogP contribution in [0.4, 0.5) is 30.4 Å². The maximum atomic E-state index is 13.6. The van der Waals surface area contributed by atoms with E-state index in [-0.39, 0.29) is 16.9 Å². The number of morpholine rings is 1. The van der Waals surface area contributed by atoms with E-state index in [1.807, 2.05) is 11.8 Å². The number of halogens is 3. The molecular formula is C27H31F3N6O3. The fourth-order valence-corrected chi connectivity index (χ4v) is 5.82. The van der Waals surface area contributed by atoms with Crippen molar-refractivity contribution in [1.29, 1.82) is 0 Å². The number of hydrogen-bond acceptors (Lipinski definition) is 7. The molecule has 2 fully saturated rings. The molecule has 39 heavy (non-hydrogen) atoms. The third-order valence-electron chi connectivity index (χ3n) is 7.68. The second-order valence-electron chi connectivity index (χ2n) is 10.0. The molecule has 5 heterocycles. The molecular weight excluding hydrogens is 513 g/mol. The number of carbonyl (C=O) groups is 1. The summed E-state index contributed by atoms with van der Waals surface area (Å²) >= 11 is 0. The fraction of sp³-hybridized carbons (Fsp3) is 0.481. The molecule has 0 bridgehead atoms. The zero-order valence-corrected chi connectivity index (χ0v) is 21.7. The lowest BCUT2D eigenvalue weighted by Crippen LogP contribution is -2.45. The Morgan fingerprint density at radius 1 is 1.18 bits per heavy atom. The van der Waals surface area contributed by atoms with Gasteiger partial charge in [0.05, 0.1) is 36.5 Å². The van der Waals surface area contributed by atoms with Crippen molar-refractivity contribution in [3.63, 3.8) is 0 Å².